The lowest BCUT2D eigenvalue weighted by Crippen LogP contribution is -2.64. The van der Waals surface area contributed by atoms with E-state index in [4.69, 9.17) is 4.74 Å². The minimum Gasteiger partial charge on any atom is -0.372 e. The van der Waals surface area contributed by atoms with Gasteiger partial charge in [0.1, 0.15) is 0 Å². The highest BCUT2D eigenvalue weighted by Crippen LogP contribution is 2.44. The van der Waals surface area contributed by atoms with Crippen molar-refractivity contribution in [2.24, 2.45) is 5.41 Å². The lowest BCUT2D eigenvalue weighted by Gasteiger charge is -2.53. The van der Waals surface area contributed by atoms with Crippen molar-refractivity contribution in [2.75, 3.05) is 13.1 Å². The van der Waals surface area contributed by atoms with Gasteiger partial charge in [0.15, 0.2) is 0 Å². The molecule has 0 aromatic heterocycles. The van der Waals surface area contributed by atoms with Gasteiger partial charge in [0.05, 0.1) is 18.2 Å². The van der Waals surface area contributed by atoms with Crippen LogP contribution >= 0.6 is 0 Å². The van der Waals surface area contributed by atoms with Gasteiger partial charge in [-0.05, 0) is 40.2 Å². The molecule has 126 valence electrons. The molecule has 0 spiro atoms. The summed E-state index contributed by atoms with van der Waals surface area (Å²) in [6.07, 6.45) is 2.17. The zero-order valence-corrected chi connectivity index (χ0v) is 14.7. The van der Waals surface area contributed by atoms with Crippen molar-refractivity contribution >= 4 is 11.8 Å². The van der Waals surface area contributed by atoms with E-state index in [1.54, 1.807) is 0 Å². The van der Waals surface area contributed by atoms with Crippen LogP contribution in [0.3, 0.4) is 0 Å². The summed E-state index contributed by atoms with van der Waals surface area (Å²) < 4.78 is 6.03. The van der Waals surface area contributed by atoms with Gasteiger partial charge < -0.3 is 15.0 Å². The van der Waals surface area contributed by atoms with Crippen molar-refractivity contribution in [2.45, 2.75) is 65.7 Å². The Bertz CT molecular complexity index is 438. The molecule has 1 aliphatic rings. The minimum absolute atomic E-state index is 0.0682. The van der Waals surface area contributed by atoms with Crippen LogP contribution in [0.4, 0.5) is 0 Å². The molecule has 1 aliphatic carbocycles. The van der Waals surface area contributed by atoms with Crippen molar-refractivity contribution < 1.29 is 14.3 Å². The van der Waals surface area contributed by atoms with Crippen LogP contribution in [0.1, 0.15) is 48.0 Å². The molecule has 1 fully saturated rings. The Kier molecular flexibility index (Phi) is 5.79. The fourth-order valence-corrected chi connectivity index (χ4v) is 2.65. The molecule has 0 aliphatic heterocycles. The summed E-state index contributed by atoms with van der Waals surface area (Å²) in [6, 6.07) is 0.0740. The van der Waals surface area contributed by atoms with E-state index in [9.17, 15) is 9.59 Å². The first kappa shape index (κ1) is 18.7. The largest absolute Gasteiger partial charge is 0.372 e. The SMILES string of the molecule is C=CC(=O)N(CC)CC(=O)N[C@@H]1C[C@H](OC(C)(C)C)C1(C)C. The number of nitrogens with zero attached hydrogens (tertiary/aromatic N) is 1. The van der Waals surface area contributed by atoms with Crippen LogP contribution in [0.25, 0.3) is 0 Å². The molecule has 1 saturated carbocycles. The highest BCUT2D eigenvalue weighted by Gasteiger charge is 2.50. The van der Waals surface area contributed by atoms with Crippen LogP contribution in [0.5, 0.6) is 0 Å². The lowest BCUT2D eigenvalue weighted by molar-refractivity contribution is -0.175. The second kappa shape index (κ2) is 6.82. The molecular formula is C17H30N2O3. The molecule has 5 heteroatoms. The van der Waals surface area contributed by atoms with Crippen molar-refractivity contribution in [3.05, 3.63) is 12.7 Å². The maximum Gasteiger partial charge on any atom is 0.246 e. The summed E-state index contributed by atoms with van der Waals surface area (Å²) in [5, 5.41) is 3.02. The van der Waals surface area contributed by atoms with E-state index in [1.165, 1.54) is 11.0 Å². The number of hydrogen-bond acceptors (Lipinski definition) is 3. The molecule has 0 unspecified atom stereocenters. The maximum atomic E-state index is 12.1. The highest BCUT2D eigenvalue weighted by molar-refractivity contribution is 5.90. The van der Waals surface area contributed by atoms with Crippen molar-refractivity contribution in [1.82, 2.24) is 10.2 Å². The summed E-state index contributed by atoms with van der Waals surface area (Å²) in [4.78, 5) is 25.2. The number of nitrogens with one attached hydrogen (secondary N) is 1. The number of carbonyl (C=O) groups excluding carboxylic acids is 2. The van der Waals surface area contributed by atoms with Gasteiger partial charge in [-0.2, -0.15) is 0 Å². The van der Waals surface area contributed by atoms with Crippen molar-refractivity contribution in [3.63, 3.8) is 0 Å². The maximum absolute atomic E-state index is 12.1. The van der Waals surface area contributed by atoms with Crippen LogP contribution < -0.4 is 5.32 Å². The fraction of sp³-hybridized carbons (Fsp3) is 0.765. The summed E-state index contributed by atoms with van der Waals surface area (Å²) in [6.45, 7) is 16.2. The van der Waals surface area contributed by atoms with Crippen LogP contribution in [0.15, 0.2) is 12.7 Å². The third-order valence-electron chi connectivity index (χ3n) is 4.21. The van der Waals surface area contributed by atoms with Gasteiger partial charge in [-0.25, -0.2) is 0 Å². The van der Waals surface area contributed by atoms with Gasteiger partial charge in [-0.15, -0.1) is 0 Å². The van der Waals surface area contributed by atoms with Crippen LogP contribution in [-0.2, 0) is 14.3 Å². The molecule has 1 rings (SSSR count). The standard InChI is InChI=1S/C17H30N2O3/c1-8-15(21)19(9-2)11-14(20)18-12-10-13(17(12,6)7)22-16(3,4)5/h8,12-13H,1,9-11H2,2-7H3,(H,18,20)/t12-,13+/m1/s1. The first-order chi connectivity index (χ1) is 10.0. The van der Waals surface area contributed by atoms with Crippen LogP contribution in [0.2, 0.25) is 0 Å². The molecule has 5 nitrogen and oxygen atoms in total. The van der Waals surface area contributed by atoms with Crippen LogP contribution in [-0.4, -0.2) is 47.6 Å². The Morgan fingerprint density at radius 3 is 2.41 bits per heavy atom. The Morgan fingerprint density at radius 2 is 2.00 bits per heavy atom. The Balaban J connectivity index is 2.53. The predicted octanol–water partition coefficient (Wildman–Crippen LogP) is 2.12. The first-order valence-electron chi connectivity index (χ1n) is 7.89. The lowest BCUT2D eigenvalue weighted by atomic mass is 9.64. The molecule has 0 saturated heterocycles. The average Bonchev–Trinajstić information content (AvgIpc) is 2.41. The van der Waals surface area contributed by atoms with E-state index in [1.807, 2.05) is 27.7 Å². The van der Waals surface area contributed by atoms with E-state index in [-0.39, 0.29) is 41.5 Å². The van der Waals surface area contributed by atoms with E-state index in [0.717, 1.165) is 6.42 Å². The first-order valence-corrected chi connectivity index (χ1v) is 7.89. The predicted molar refractivity (Wildman–Crippen MR) is 87.4 cm³/mol. The van der Waals surface area contributed by atoms with Gasteiger partial charge >= 0.3 is 0 Å². The second-order valence-electron chi connectivity index (χ2n) is 7.45. The van der Waals surface area contributed by atoms with Gasteiger partial charge in [0, 0.05) is 18.0 Å². The van der Waals surface area contributed by atoms with Gasteiger partial charge in [-0.1, -0.05) is 20.4 Å². The molecule has 0 radical (unpaired) electrons. The molecule has 22 heavy (non-hydrogen) atoms. The monoisotopic (exact) mass is 310 g/mol. The number of rotatable bonds is 6. The molecule has 2 amide bonds. The summed E-state index contributed by atoms with van der Waals surface area (Å²) in [5.41, 5.74) is -0.297. The summed E-state index contributed by atoms with van der Waals surface area (Å²) in [7, 11) is 0. The molecular weight excluding hydrogens is 280 g/mol. The second-order valence-corrected chi connectivity index (χ2v) is 7.45. The smallest absolute Gasteiger partial charge is 0.246 e. The van der Waals surface area contributed by atoms with E-state index >= 15 is 0 Å². The van der Waals surface area contributed by atoms with Gasteiger partial charge in [0.25, 0.3) is 0 Å². The molecule has 2 atom stereocenters. The molecule has 0 aromatic carbocycles. The number of likely N-dealkylation sites (N-methyl/N-ethyl adjacent to an activating group) is 1. The quantitative estimate of drug-likeness (QED) is 0.765. The Labute approximate surface area is 134 Å². The number of amides is 2. The molecule has 0 bridgehead atoms. The zero-order chi connectivity index (χ0) is 17.1. The Morgan fingerprint density at radius 1 is 1.41 bits per heavy atom. The Hall–Kier alpha value is -1.36. The van der Waals surface area contributed by atoms with E-state index in [0.29, 0.717) is 6.54 Å². The van der Waals surface area contributed by atoms with Crippen LogP contribution in [0, 0.1) is 5.41 Å². The normalized spacial score (nSPS) is 23.4. The average molecular weight is 310 g/mol. The van der Waals surface area contributed by atoms with E-state index < -0.39 is 0 Å². The topological polar surface area (TPSA) is 58.6 Å². The van der Waals surface area contributed by atoms with Crippen molar-refractivity contribution in [3.8, 4) is 0 Å². The highest BCUT2D eigenvalue weighted by atomic mass is 16.5. The zero-order valence-electron chi connectivity index (χ0n) is 14.7. The number of carbonyl (C=O) groups is 2. The third-order valence-corrected chi connectivity index (χ3v) is 4.21. The summed E-state index contributed by atoms with van der Waals surface area (Å²) >= 11 is 0. The van der Waals surface area contributed by atoms with Gasteiger partial charge in [0.2, 0.25) is 11.8 Å². The van der Waals surface area contributed by atoms with Gasteiger partial charge in [-0.3, -0.25) is 9.59 Å². The van der Waals surface area contributed by atoms with Crippen molar-refractivity contribution in [1.29, 1.82) is 0 Å². The minimum atomic E-state index is -0.223. The molecule has 0 aromatic rings. The number of hydrogen-bond donors (Lipinski definition) is 1. The fourth-order valence-electron chi connectivity index (χ4n) is 2.65. The number of ether oxygens (including phenoxy) is 1. The van der Waals surface area contributed by atoms with E-state index in [2.05, 4.69) is 25.7 Å². The molecule has 0 heterocycles. The summed E-state index contributed by atoms with van der Waals surface area (Å²) in [5.74, 6) is -0.358. The third kappa shape index (κ3) is 4.57. The molecule has 1 N–H and O–H groups in total.